The fourth-order valence-corrected chi connectivity index (χ4v) is 13.3. The Labute approximate surface area is 663 Å². The van der Waals surface area contributed by atoms with Crippen LogP contribution in [0.15, 0.2) is 158 Å². The molecule has 3 rings (SSSR count). The molecule has 628 valence electrons. The Kier molecular flexibility index (Phi) is 62.3. The Morgan fingerprint density at radius 3 is 1.02 bits per heavy atom. The van der Waals surface area contributed by atoms with Gasteiger partial charge in [0.15, 0.2) is 18.9 Å². The summed E-state index contributed by atoms with van der Waals surface area (Å²) in [7, 11) is 0. The lowest BCUT2D eigenvalue weighted by Gasteiger charge is -2.48. The van der Waals surface area contributed by atoms with Gasteiger partial charge in [-0.1, -0.05) is 313 Å². The van der Waals surface area contributed by atoms with Crippen LogP contribution >= 0.6 is 0 Å². The summed E-state index contributed by atoms with van der Waals surface area (Å²) in [6.07, 6.45) is 75.1. The molecule has 110 heavy (non-hydrogen) atoms. The van der Waals surface area contributed by atoms with Crippen molar-refractivity contribution in [2.45, 2.75) is 381 Å². The van der Waals surface area contributed by atoms with Crippen molar-refractivity contribution in [1.82, 2.24) is 5.32 Å². The molecule has 0 spiro atoms. The van der Waals surface area contributed by atoms with Crippen LogP contribution in [0.5, 0.6) is 0 Å². The molecule has 3 aliphatic heterocycles. The first-order valence-electron chi connectivity index (χ1n) is 42.7. The predicted octanol–water partition coefficient (Wildman–Crippen LogP) is 15.6. The van der Waals surface area contributed by atoms with E-state index < -0.39 is 124 Å². The zero-order chi connectivity index (χ0) is 79.5. The van der Waals surface area contributed by atoms with Gasteiger partial charge in [0, 0.05) is 6.42 Å². The summed E-state index contributed by atoms with van der Waals surface area (Å²) in [6, 6.07) is -1.01. The van der Waals surface area contributed by atoms with Gasteiger partial charge in [0.2, 0.25) is 5.91 Å². The summed E-state index contributed by atoms with van der Waals surface area (Å²) in [6.45, 7) is 1.60. The molecule has 3 fully saturated rings. The lowest BCUT2D eigenvalue weighted by molar-refractivity contribution is -0.379. The largest absolute Gasteiger partial charge is 0.394 e. The van der Waals surface area contributed by atoms with Gasteiger partial charge >= 0.3 is 0 Å². The lowest BCUT2D eigenvalue weighted by Crippen LogP contribution is -2.66. The van der Waals surface area contributed by atoms with Gasteiger partial charge < -0.3 is 89.9 Å². The minimum absolute atomic E-state index is 0.203. The highest BCUT2D eigenvalue weighted by Gasteiger charge is 2.54. The average Bonchev–Trinajstić information content (AvgIpc) is 0.780. The summed E-state index contributed by atoms with van der Waals surface area (Å²) >= 11 is 0. The molecule has 1 amide bonds. The van der Waals surface area contributed by atoms with E-state index in [0.29, 0.717) is 12.8 Å². The van der Waals surface area contributed by atoms with Gasteiger partial charge in [-0.3, -0.25) is 4.79 Å². The highest BCUT2D eigenvalue weighted by atomic mass is 16.8. The van der Waals surface area contributed by atoms with Gasteiger partial charge in [0.1, 0.15) is 73.2 Å². The number of unbranched alkanes of at least 4 members (excludes halogenated alkanes) is 26. The van der Waals surface area contributed by atoms with E-state index in [0.717, 1.165) is 122 Å². The van der Waals surface area contributed by atoms with E-state index in [1.54, 1.807) is 6.08 Å². The van der Waals surface area contributed by atoms with Gasteiger partial charge in [-0.05, 0) is 116 Å². The first kappa shape index (κ1) is 99.6. The number of carbonyl (C=O) groups is 1. The second-order valence-corrected chi connectivity index (χ2v) is 29.6. The molecule has 0 aromatic heterocycles. The van der Waals surface area contributed by atoms with Gasteiger partial charge in [0.05, 0.1) is 38.6 Å². The normalized spacial score (nSPS) is 26.0. The first-order chi connectivity index (χ1) is 53.8. The molecular weight excluding hydrogens is 1390 g/mol. The van der Waals surface area contributed by atoms with E-state index in [2.05, 4.69) is 165 Å². The van der Waals surface area contributed by atoms with Crippen LogP contribution in [-0.4, -0.2) is 193 Å². The minimum atomic E-state index is -1.99. The summed E-state index contributed by atoms with van der Waals surface area (Å²) in [5.74, 6) is -0.309. The first-order valence-corrected chi connectivity index (χ1v) is 42.7. The molecule has 17 atom stereocenters. The van der Waals surface area contributed by atoms with Crippen molar-refractivity contribution < 1.29 is 89.4 Å². The number of aliphatic hydroxyl groups excluding tert-OH is 11. The summed E-state index contributed by atoms with van der Waals surface area (Å²) in [5, 5.41) is 121. The van der Waals surface area contributed by atoms with Gasteiger partial charge in [-0.2, -0.15) is 0 Å². The molecule has 3 heterocycles. The van der Waals surface area contributed by atoms with Gasteiger partial charge in [0.25, 0.3) is 0 Å². The van der Waals surface area contributed by atoms with Crippen molar-refractivity contribution >= 4 is 5.91 Å². The molecule has 0 saturated carbocycles. The monoisotopic (exact) mass is 1550 g/mol. The third-order valence-corrected chi connectivity index (χ3v) is 20.1. The highest BCUT2D eigenvalue weighted by molar-refractivity contribution is 5.76. The van der Waals surface area contributed by atoms with Crippen LogP contribution in [-0.2, 0) is 33.2 Å². The molecule has 0 bridgehead atoms. The van der Waals surface area contributed by atoms with Crippen molar-refractivity contribution in [2.24, 2.45) is 0 Å². The molecule has 12 N–H and O–H groups in total. The van der Waals surface area contributed by atoms with E-state index in [4.69, 9.17) is 28.4 Å². The van der Waals surface area contributed by atoms with Crippen LogP contribution < -0.4 is 5.32 Å². The van der Waals surface area contributed by atoms with E-state index in [1.807, 2.05) is 6.08 Å². The quantitative estimate of drug-likeness (QED) is 0.0199. The maximum atomic E-state index is 13.5. The fraction of sp³-hybridized carbons (Fsp3) is 0.703. The summed E-state index contributed by atoms with van der Waals surface area (Å²) < 4.78 is 34.4. The van der Waals surface area contributed by atoms with E-state index in [-0.39, 0.29) is 18.9 Å². The fourth-order valence-electron chi connectivity index (χ4n) is 13.3. The number of allylic oxidation sites excluding steroid dienone is 25. The van der Waals surface area contributed by atoms with E-state index >= 15 is 0 Å². The molecule has 3 saturated heterocycles. The maximum absolute atomic E-state index is 13.5. The minimum Gasteiger partial charge on any atom is -0.394 e. The van der Waals surface area contributed by atoms with Crippen molar-refractivity contribution in [1.29, 1.82) is 0 Å². The third-order valence-electron chi connectivity index (χ3n) is 20.1. The van der Waals surface area contributed by atoms with Crippen LogP contribution in [0.25, 0.3) is 0 Å². The van der Waals surface area contributed by atoms with Crippen LogP contribution in [0, 0.1) is 0 Å². The number of aliphatic hydroxyl groups is 11. The molecular formula is C91H151NO18. The molecule has 19 nitrogen and oxygen atoms in total. The summed E-state index contributed by atoms with van der Waals surface area (Å²) in [4.78, 5) is 13.5. The molecule has 0 radical (unpaired) electrons. The van der Waals surface area contributed by atoms with Crippen molar-refractivity contribution in [3.05, 3.63) is 158 Å². The van der Waals surface area contributed by atoms with Crippen LogP contribution in [0.2, 0.25) is 0 Å². The van der Waals surface area contributed by atoms with Crippen molar-refractivity contribution in [3.63, 3.8) is 0 Å². The molecule has 0 aliphatic carbocycles. The zero-order valence-electron chi connectivity index (χ0n) is 67.4. The standard InChI is InChI=1S/C91H151NO18/c1-3-5-7-9-11-13-15-17-19-21-23-25-27-29-31-32-33-34-35-36-37-38-39-40-41-42-43-45-47-49-51-53-55-57-59-61-63-65-67-69-79(97)92-74(75(96)68-66-64-62-60-58-56-54-52-50-48-46-44-30-28-26-24-22-20-18-16-14-12-10-8-6-4-2)73-105-89-85(103)82(100)87(77(71-94)107-89)110-91-86(104)83(101)88(78(72-95)108-91)109-90-84(102)81(99)80(98)76(70-93)106-90/h5,7,11,13,17,19,23,25,29,31,33-34,36-37,39-40,42-43,47,49,53,55,58,60,66,68,74-78,80-91,93-96,98-104H,3-4,6,8-10,12,14-16,18,20-22,24,26-28,30,32,35,38,41,44-46,48,50-52,54,56-57,59,61-65,67,69-73H2,1-2H3,(H,92,97)/b7-5-,13-11-,19-17-,25-23-,31-29-,34-33-,37-36-,40-39-,43-42-,49-47-,55-53-,60-58+,68-66+. The Morgan fingerprint density at radius 1 is 0.336 bits per heavy atom. The molecule has 3 aliphatic rings. The number of ether oxygens (including phenoxy) is 6. The van der Waals surface area contributed by atoms with Crippen LogP contribution in [0.1, 0.15) is 277 Å². The van der Waals surface area contributed by atoms with Gasteiger partial charge in [-0.15, -0.1) is 0 Å². The van der Waals surface area contributed by atoms with Crippen molar-refractivity contribution in [3.8, 4) is 0 Å². The number of amides is 1. The number of hydrogen-bond acceptors (Lipinski definition) is 18. The topological polar surface area (TPSA) is 307 Å². The Morgan fingerprint density at radius 2 is 0.636 bits per heavy atom. The highest BCUT2D eigenvalue weighted by Crippen LogP contribution is 2.33. The number of nitrogens with one attached hydrogen (secondary N) is 1. The maximum Gasteiger partial charge on any atom is 0.220 e. The number of rotatable bonds is 66. The Hall–Kier alpha value is -4.59. The lowest BCUT2D eigenvalue weighted by atomic mass is 9.96. The molecule has 17 unspecified atom stereocenters. The second kappa shape index (κ2) is 68.8. The second-order valence-electron chi connectivity index (χ2n) is 29.6. The number of carbonyl (C=O) groups excluding carboxylic acids is 1. The summed E-state index contributed by atoms with van der Waals surface area (Å²) in [5.41, 5.74) is 0. The van der Waals surface area contributed by atoms with Gasteiger partial charge in [-0.25, -0.2) is 0 Å². The zero-order valence-corrected chi connectivity index (χ0v) is 67.4. The van der Waals surface area contributed by atoms with Crippen LogP contribution in [0.3, 0.4) is 0 Å². The number of hydrogen-bond donors (Lipinski definition) is 12. The Balaban J connectivity index is 1.38. The van der Waals surface area contributed by atoms with E-state index in [9.17, 15) is 61.0 Å². The van der Waals surface area contributed by atoms with Crippen LogP contribution in [0.4, 0.5) is 0 Å². The van der Waals surface area contributed by atoms with E-state index in [1.165, 1.54) is 122 Å². The van der Waals surface area contributed by atoms with Crippen molar-refractivity contribution in [2.75, 3.05) is 26.4 Å². The predicted molar refractivity (Wildman–Crippen MR) is 442 cm³/mol. The molecule has 0 aromatic carbocycles. The Bertz CT molecular complexity index is 2610. The SMILES string of the molecule is CC/C=C\C/C=C\C/C=C\C/C=C\C/C=C\C/C=C\C/C=C\C/C=C\C/C=C\C/C=C\C/C=C\CCCCCCCC(=O)NC(COC1OC(CO)C(OC2OC(CO)C(OC3OC(CO)C(O)C(O)C3O)C(O)C2O)C(O)C1O)C(O)/C=C/CC/C=C/CCCCCCCCCCCCCCCCCCCCCC. The molecule has 0 aromatic rings. The third kappa shape index (κ3) is 47.3. The molecule has 19 heteroatoms. The smallest absolute Gasteiger partial charge is 0.220 e. The average molecular weight is 1550 g/mol.